The molecule has 19 heavy (non-hydrogen) atoms. The van der Waals surface area contributed by atoms with E-state index in [0.29, 0.717) is 5.95 Å². The normalized spacial score (nSPS) is 22.2. The Balaban J connectivity index is 2.20. The van der Waals surface area contributed by atoms with Gasteiger partial charge >= 0.3 is 130 Å². The molecule has 0 aromatic heterocycles. The summed E-state index contributed by atoms with van der Waals surface area (Å²) in [6.07, 6.45) is 18.8. The first-order valence-electron chi connectivity index (χ1n) is 6.78. The molecule has 0 bridgehead atoms. The minimum absolute atomic E-state index is 0.360. The molecule has 0 aromatic rings. The fourth-order valence-corrected chi connectivity index (χ4v) is 12.2. The Bertz CT molecular complexity index is 366. The summed E-state index contributed by atoms with van der Waals surface area (Å²) >= 11 is -0.966. The van der Waals surface area contributed by atoms with Gasteiger partial charge in [-0.3, -0.25) is 0 Å². The summed E-state index contributed by atoms with van der Waals surface area (Å²) < 4.78 is 0.719. The first-order valence-corrected chi connectivity index (χ1v) is 10.7. The minimum atomic E-state index is -0.966. The second-order valence-electron chi connectivity index (χ2n) is 6.12. The van der Waals surface area contributed by atoms with Crippen LogP contribution in [0.15, 0.2) is 48.6 Å². The van der Waals surface area contributed by atoms with Crippen LogP contribution in [0.4, 0.5) is 0 Å². The Labute approximate surface area is 129 Å². The number of hydrogen-bond acceptors (Lipinski definition) is 2. The summed E-state index contributed by atoms with van der Waals surface area (Å²) in [5, 5.41) is 0. The fourth-order valence-electron chi connectivity index (χ4n) is 2.96. The van der Waals surface area contributed by atoms with Crippen molar-refractivity contribution >= 4 is 24.2 Å². The van der Waals surface area contributed by atoms with E-state index in [9.17, 15) is 0 Å². The average Bonchev–Trinajstić information content (AvgIpc) is 2.87. The predicted octanol–water partition coefficient (Wildman–Crippen LogP) is 2.38. The Morgan fingerprint density at radius 2 is 1.00 bits per heavy atom. The van der Waals surface area contributed by atoms with Gasteiger partial charge in [0.1, 0.15) is 0 Å². The molecule has 2 nitrogen and oxygen atoms in total. The van der Waals surface area contributed by atoms with Crippen molar-refractivity contribution in [1.82, 2.24) is 9.80 Å². The van der Waals surface area contributed by atoms with E-state index >= 15 is 0 Å². The van der Waals surface area contributed by atoms with E-state index in [2.05, 4.69) is 86.6 Å². The van der Waals surface area contributed by atoms with Crippen molar-refractivity contribution in [1.29, 1.82) is 0 Å². The molecule has 0 spiro atoms. The summed E-state index contributed by atoms with van der Waals surface area (Å²) in [6, 6.07) is 0. The molecular formula is C16H24N2Pb. The quantitative estimate of drug-likeness (QED) is 0.573. The van der Waals surface area contributed by atoms with Crippen LogP contribution in [0.1, 0.15) is 0 Å². The number of allylic oxidation sites excluding steroid dienone is 4. The van der Waals surface area contributed by atoms with Crippen LogP contribution in [0.5, 0.6) is 0 Å². The van der Waals surface area contributed by atoms with Gasteiger partial charge < -0.3 is 0 Å². The number of rotatable bonds is 6. The van der Waals surface area contributed by atoms with Crippen LogP contribution in [0.25, 0.3) is 0 Å². The van der Waals surface area contributed by atoms with Crippen LogP contribution >= 0.6 is 0 Å². The van der Waals surface area contributed by atoms with E-state index in [4.69, 9.17) is 0 Å². The summed E-state index contributed by atoms with van der Waals surface area (Å²) in [7, 11) is 8.74. The molecule has 0 aliphatic heterocycles. The molecule has 2 aliphatic carbocycles. The fraction of sp³-hybridized carbons (Fsp3) is 0.500. The first kappa shape index (κ1) is 15.2. The van der Waals surface area contributed by atoms with Gasteiger partial charge in [0.05, 0.1) is 0 Å². The van der Waals surface area contributed by atoms with E-state index in [1.807, 2.05) is 0 Å². The molecule has 0 amide bonds. The van der Waals surface area contributed by atoms with Gasteiger partial charge in [0.15, 0.2) is 0 Å². The van der Waals surface area contributed by atoms with Crippen molar-refractivity contribution < 1.29 is 0 Å². The topological polar surface area (TPSA) is 6.48 Å². The molecule has 0 aromatic carbocycles. The van der Waals surface area contributed by atoms with Crippen LogP contribution in [0.3, 0.4) is 0 Å². The van der Waals surface area contributed by atoms with Gasteiger partial charge in [-0.15, -0.1) is 0 Å². The molecule has 0 atom stereocenters. The Morgan fingerprint density at radius 1 is 0.684 bits per heavy atom. The van der Waals surface area contributed by atoms with Crippen LogP contribution in [-0.4, -0.2) is 75.3 Å². The third-order valence-electron chi connectivity index (χ3n) is 3.42. The molecule has 0 heterocycles. The van der Waals surface area contributed by atoms with Gasteiger partial charge in [-0.25, -0.2) is 0 Å². The molecule has 2 radical (unpaired) electrons. The van der Waals surface area contributed by atoms with Crippen LogP contribution < -0.4 is 0 Å². The molecule has 0 fully saturated rings. The van der Waals surface area contributed by atoms with Gasteiger partial charge in [-0.1, -0.05) is 0 Å². The summed E-state index contributed by atoms with van der Waals surface area (Å²) in [5.41, 5.74) is 0. The monoisotopic (exact) mass is 452 g/mol. The van der Waals surface area contributed by atoms with E-state index in [1.54, 1.807) is 0 Å². The Hall–Kier alpha value is -0.198. The van der Waals surface area contributed by atoms with Crippen LogP contribution in [-0.2, 0) is 0 Å². The van der Waals surface area contributed by atoms with E-state index in [1.165, 1.54) is 0 Å². The van der Waals surface area contributed by atoms with Crippen molar-refractivity contribution in [3.8, 4) is 0 Å². The van der Waals surface area contributed by atoms with Gasteiger partial charge in [0.2, 0.25) is 0 Å². The van der Waals surface area contributed by atoms with Crippen molar-refractivity contribution in [3.05, 3.63) is 48.6 Å². The third kappa shape index (κ3) is 3.89. The summed E-state index contributed by atoms with van der Waals surface area (Å²) in [5.74, 6) is 0. The molecule has 2 rings (SSSR count). The predicted molar refractivity (Wildman–Crippen MR) is 84.8 cm³/mol. The van der Waals surface area contributed by atoms with Crippen LogP contribution in [0, 0.1) is 0 Å². The molecule has 0 saturated heterocycles. The van der Waals surface area contributed by atoms with Gasteiger partial charge in [0.25, 0.3) is 0 Å². The first-order chi connectivity index (χ1) is 8.95. The van der Waals surface area contributed by atoms with Crippen molar-refractivity contribution in [3.63, 3.8) is 0 Å². The molecule has 0 unspecified atom stereocenters. The van der Waals surface area contributed by atoms with Crippen molar-refractivity contribution in [2.45, 2.75) is 5.95 Å². The van der Waals surface area contributed by atoms with E-state index < -0.39 is 24.2 Å². The van der Waals surface area contributed by atoms with Crippen molar-refractivity contribution in [2.24, 2.45) is 0 Å². The molecule has 0 N–H and O–H groups in total. The zero-order valence-corrected chi connectivity index (χ0v) is 16.3. The number of nitrogens with zero attached hydrogens (tertiary/aromatic N) is 2. The number of hydrogen-bond donors (Lipinski definition) is 0. The zero-order valence-electron chi connectivity index (χ0n) is 12.4. The van der Waals surface area contributed by atoms with Gasteiger partial charge in [-0.05, 0) is 0 Å². The Morgan fingerprint density at radius 3 is 1.26 bits per heavy atom. The van der Waals surface area contributed by atoms with Gasteiger partial charge in [0, 0.05) is 0 Å². The second-order valence-corrected chi connectivity index (χ2v) is 14.3. The summed E-state index contributed by atoms with van der Waals surface area (Å²) in [6.45, 7) is 2.31. The molecular weight excluding hydrogens is 427 g/mol. The average molecular weight is 452 g/mol. The molecule has 102 valence electrons. The maximum atomic E-state index is 2.45. The zero-order chi connectivity index (χ0) is 13.9. The maximum absolute atomic E-state index is 2.45. The van der Waals surface area contributed by atoms with Crippen molar-refractivity contribution in [2.75, 3.05) is 41.3 Å². The Kier molecular flexibility index (Phi) is 4.85. The van der Waals surface area contributed by atoms with Crippen LogP contribution in [0.2, 0.25) is 5.95 Å². The molecule has 0 saturated carbocycles. The molecule has 3 heteroatoms. The van der Waals surface area contributed by atoms with E-state index in [-0.39, 0.29) is 0 Å². The van der Waals surface area contributed by atoms with E-state index in [0.717, 1.165) is 13.1 Å². The SMILES string of the molecule is CN(C)C[C]1([Pb][C]2(CN(C)C)C=CC=C2)C=CC=C1. The second kappa shape index (κ2) is 6.06. The third-order valence-corrected chi connectivity index (χ3v) is 10.9. The summed E-state index contributed by atoms with van der Waals surface area (Å²) in [4.78, 5) is 4.66. The molecule has 2 aliphatic rings. The van der Waals surface area contributed by atoms with Gasteiger partial charge in [-0.2, -0.15) is 0 Å². The standard InChI is InChI=1S/2C8H12N.Pb/c2*1-9(2)7-8-5-3-4-6-8;/h2*3-6H,7H2,1-2H3;.